The Hall–Kier alpha value is -1.00. The Balaban J connectivity index is 1.81. The first kappa shape index (κ1) is 15.4. The van der Waals surface area contributed by atoms with Crippen LogP contribution in [-0.4, -0.2) is 37.0 Å². The Labute approximate surface area is 127 Å². The summed E-state index contributed by atoms with van der Waals surface area (Å²) in [4.78, 5) is 15.4. The highest BCUT2D eigenvalue weighted by Gasteiger charge is 2.19. The Morgan fingerprint density at radius 2 is 2.10 bits per heavy atom. The predicted octanol–water partition coefficient (Wildman–Crippen LogP) is 2.89. The monoisotopic (exact) mass is 292 g/mol. The average molecular weight is 292 g/mol. The zero-order valence-corrected chi connectivity index (χ0v) is 13.2. The van der Waals surface area contributed by atoms with Gasteiger partial charge in [0.1, 0.15) is 0 Å². The molecule has 2 rings (SSSR count). The molecule has 1 aliphatic carbocycles. The van der Waals surface area contributed by atoms with Gasteiger partial charge >= 0.3 is 0 Å². The summed E-state index contributed by atoms with van der Waals surface area (Å²) in [6.07, 6.45) is 5.28. The van der Waals surface area contributed by atoms with Gasteiger partial charge in [0.15, 0.2) is 0 Å². The molecule has 1 aromatic rings. The first-order chi connectivity index (χ1) is 9.58. The molecule has 0 saturated heterocycles. The third-order valence-electron chi connectivity index (χ3n) is 4.16. The van der Waals surface area contributed by atoms with E-state index in [0.717, 1.165) is 22.6 Å². The van der Waals surface area contributed by atoms with Crippen LogP contribution < -0.4 is 5.32 Å². The van der Waals surface area contributed by atoms with Crippen molar-refractivity contribution in [2.24, 2.45) is 0 Å². The molecule has 0 aromatic heterocycles. The minimum absolute atomic E-state index is 0.00165. The van der Waals surface area contributed by atoms with Gasteiger partial charge in [-0.15, -0.1) is 12.6 Å². The standard InChI is InChI=1S/C16H24N2OS/c1-12-7-8-14(20)11-15(12)16(19)17-9-10-18(2)13-5-3-4-6-13/h7-8,11,13,20H,3-6,9-10H2,1-2H3,(H,17,19). The molecule has 4 heteroatoms. The van der Waals surface area contributed by atoms with Crippen molar-refractivity contribution in [2.45, 2.75) is 43.5 Å². The molecule has 1 amide bonds. The van der Waals surface area contributed by atoms with Crippen molar-refractivity contribution in [3.63, 3.8) is 0 Å². The number of amides is 1. The maximum absolute atomic E-state index is 12.2. The van der Waals surface area contributed by atoms with Crippen molar-refractivity contribution in [3.05, 3.63) is 29.3 Å². The van der Waals surface area contributed by atoms with Crippen LogP contribution in [0.5, 0.6) is 0 Å². The smallest absolute Gasteiger partial charge is 0.251 e. The van der Waals surface area contributed by atoms with Crippen LogP contribution in [0.15, 0.2) is 23.1 Å². The largest absolute Gasteiger partial charge is 0.351 e. The van der Waals surface area contributed by atoms with Crippen LogP contribution in [0.25, 0.3) is 0 Å². The van der Waals surface area contributed by atoms with Crippen LogP contribution in [0.3, 0.4) is 0 Å². The number of benzene rings is 1. The normalized spacial score (nSPS) is 15.8. The zero-order chi connectivity index (χ0) is 14.5. The van der Waals surface area contributed by atoms with Gasteiger partial charge in [0.2, 0.25) is 0 Å². The van der Waals surface area contributed by atoms with Crippen LogP contribution in [0.4, 0.5) is 0 Å². The van der Waals surface area contributed by atoms with E-state index in [9.17, 15) is 4.79 Å². The summed E-state index contributed by atoms with van der Waals surface area (Å²) in [6.45, 7) is 3.56. The molecule has 110 valence electrons. The molecule has 0 aliphatic heterocycles. The minimum Gasteiger partial charge on any atom is -0.351 e. The third kappa shape index (κ3) is 4.00. The SMILES string of the molecule is Cc1ccc(S)cc1C(=O)NCCN(C)C1CCCC1. The van der Waals surface area contributed by atoms with Crippen LogP contribution in [-0.2, 0) is 0 Å². The molecule has 20 heavy (non-hydrogen) atoms. The number of aryl methyl sites for hydroxylation is 1. The highest BCUT2D eigenvalue weighted by atomic mass is 32.1. The molecular weight excluding hydrogens is 268 g/mol. The van der Waals surface area contributed by atoms with Gasteiger partial charge in [0.25, 0.3) is 5.91 Å². The summed E-state index contributed by atoms with van der Waals surface area (Å²) in [7, 11) is 2.15. The quantitative estimate of drug-likeness (QED) is 0.818. The number of hydrogen-bond donors (Lipinski definition) is 2. The fourth-order valence-corrected chi connectivity index (χ4v) is 3.03. The Morgan fingerprint density at radius 1 is 1.40 bits per heavy atom. The molecule has 1 aromatic carbocycles. The number of nitrogens with one attached hydrogen (secondary N) is 1. The van der Waals surface area contributed by atoms with E-state index >= 15 is 0 Å². The average Bonchev–Trinajstić information content (AvgIpc) is 2.95. The van der Waals surface area contributed by atoms with E-state index in [1.165, 1.54) is 25.7 Å². The van der Waals surface area contributed by atoms with Crippen molar-refractivity contribution >= 4 is 18.5 Å². The number of rotatable bonds is 5. The lowest BCUT2D eigenvalue weighted by Gasteiger charge is -2.24. The molecule has 0 bridgehead atoms. The van der Waals surface area contributed by atoms with Gasteiger partial charge in [-0.1, -0.05) is 18.9 Å². The summed E-state index contributed by atoms with van der Waals surface area (Å²) in [6, 6.07) is 6.37. The van der Waals surface area contributed by atoms with E-state index in [0.29, 0.717) is 12.6 Å². The van der Waals surface area contributed by atoms with E-state index in [1.54, 1.807) is 0 Å². The van der Waals surface area contributed by atoms with E-state index in [-0.39, 0.29) is 5.91 Å². The van der Waals surface area contributed by atoms with Crippen LogP contribution in [0.2, 0.25) is 0 Å². The van der Waals surface area contributed by atoms with Gasteiger partial charge in [-0.25, -0.2) is 0 Å². The Bertz CT molecular complexity index is 470. The maximum Gasteiger partial charge on any atom is 0.251 e. The van der Waals surface area contributed by atoms with E-state index in [1.807, 2.05) is 25.1 Å². The second-order valence-corrected chi connectivity index (χ2v) is 6.19. The van der Waals surface area contributed by atoms with Gasteiger partial charge in [0, 0.05) is 29.6 Å². The third-order valence-corrected chi connectivity index (χ3v) is 4.44. The molecule has 0 atom stereocenters. The van der Waals surface area contributed by atoms with Crippen molar-refractivity contribution in [3.8, 4) is 0 Å². The van der Waals surface area contributed by atoms with Gasteiger partial charge in [0.05, 0.1) is 0 Å². The molecule has 1 fully saturated rings. The first-order valence-electron chi connectivity index (χ1n) is 7.36. The molecule has 0 heterocycles. The molecular formula is C16H24N2OS. The van der Waals surface area contributed by atoms with E-state index < -0.39 is 0 Å². The van der Waals surface area contributed by atoms with E-state index in [2.05, 4.69) is 29.9 Å². The minimum atomic E-state index is -0.00165. The fraction of sp³-hybridized carbons (Fsp3) is 0.562. The molecule has 0 unspecified atom stereocenters. The number of carbonyl (C=O) groups excluding carboxylic acids is 1. The highest BCUT2D eigenvalue weighted by Crippen LogP contribution is 2.21. The van der Waals surface area contributed by atoms with Crippen molar-refractivity contribution < 1.29 is 4.79 Å². The Morgan fingerprint density at radius 3 is 2.80 bits per heavy atom. The second kappa shape index (κ2) is 7.14. The molecule has 0 radical (unpaired) electrons. The molecule has 1 aliphatic rings. The second-order valence-electron chi connectivity index (χ2n) is 5.67. The highest BCUT2D eigenvalue weighted by molar-refractivity contribution is 7.80. The predicted molar refractivity (Wildman–Crippen MR) is 85.7 cm³/mol. The number of carbonyl (C=O) groups is 1. The lowest BCUT2D eigenvalue weighted by molar-refractivity contribution is 0.0946. The van der Waals surface area contributed by atoms with E-state index in [4.69, 9.17) is 0 Å². The Kier molecular flexibility index (Phi) is 5.49. The summed E-state index contributed by atoms with van der Waals surface area (Å²) < 4.78 is 0. The molecule has 1 saturated carbocycles. The molecule has 0 spiro atoms. The molecule has 1 N–H and O–H groups in total. The summed E-state index contributed by atoms with van der Waals surface area (Å²) in [5, 5.41) is 3.01. The summed E-state index contributed by atoms with van der Waals surface area (Å²) in [5.74, 6) is -0.00165. The lowest BCUT2D eigenvalue weighted by atomic mass is 10.1. The maximum atomic E-state index is 12.2. The summed E-state index contributed by atoms with van der Waals surface area (Å²) in [5.41, 5.74) is 1.71. The lowest BCUT2D eigenvalue weighted by Crippen LogP contribution is -2.37. The summed E-state index contributed by atoms with van der Waals surface area (Å²) >= 11 is 4.29. The van der Waals surface area contributed by atoms with Crippen molar-refractivity contribution in [1.82, 2.24) is 10.2 Å². The van der Waals surface area contributed by atoms with Gasteiger partial charge in [-0.3, -0.25) is 4.79 Å². The first-order valence-corrected chi connectivity index (χ1v) is 7.80. The van der Waals surface area contributed by atoms with Crippen molar-refractivity contribution in [1.29, 1.82) is 0 Å². The van der Waals surface area contributed by atoms with Crippen LogP contribution >= 0.6 is 12.6 Å². The molecule has 3 nitrogen and oxygen atoms in total. The van der Waals surface area contributed by atoms with Crippen LogP contribution in [0, 0.1) is 6.92 Å². The fourth-order valence-electron chi connectivity index (χ4n) is 2.82. The number of nitrogens with zero attached hydrogens (tertiary/aromatic N) is 1. The van der Waals surface area contributed by atoms with Gasteiger partial charge in [-0.2, -0.15) is 0 Å². The van der Waals surface area contributed by atoms with Crippen LogP contribution in [0.1, 0.15) is 41.6 Å². The van der Waals surface area contributed by atoms with Gasteiger partial charge in [-0.05, 0) is 44.5 Å². The van der Waals surface area contributed by atoms with Crippen molar-refractivity contribution in [2.75, 3.05) is 20.1 Å². The number of hydrogen-bond acceptors (Lipinski definition) is 3. The number of likely N-dealkylation sites (N-methyl/N-ethyl adjacent to an activating group) is 1. The topological polar surface area (TPSA) is 32.3 Å². The zero-order valence-electron chi connectivity index (χ0n) is 12.4. The van der Waals surface area contributed by atoms with Gasteiger partial charge < -0.3 is 10.2 Å². The number of thiol groups is 1.